The third kappa shape index (κ3) is 3.28. The maximum absolute atomic E-state index is 11.7. The number of aromatic nitrogens is 1. The van der Waals surface area contributed by atoms with E-state index in [4.69, 9.17) is 5.73 Å². The van der Waals surface area contributed by atoms with Crippen LogP contribution in [-0.4, -0.2) is 28.0 Å². The Morgan fingerprint density at radius 2 is 2.29 bits per heavy atom. The quantitative estimate of drug-likeness (QED) is 0.574. The Bertz CT molecular complexity index is 425. The van der Waals surface area contributed by atoms with Gasteiger partial charge in [0.2, 0.25) is 0 Å². The van der Waals surface area contributed by atoms with E-state index in [1.165, 1.54) is 23.7 Å². The zero-order chi connectivity index (χ0) is 13.0. The van der Waals surface area contributed by atoms with Crippen LogP contribution in [0.2, 0.25) is 0 Å². The van der Waals surface area contributed by atoms with E-state index in [2.05, 4.69) is 5.32 Å². The molecule has 0 aromatic carbocycles. The number of nitrogens with zero attached hydrogens (tertiary/aromatic N) is 2. The van der Waals surface area contributed by atoms with Crippen LogP contribution >= 0.6 is 0 Å². The van der Waals surface area contributed by atoms with E-state index in [1.54, 1.807) is 0 Å². The van der Waals surface area contributed by atoms with Crippen molar-refractivity contribution in [2.24, 2.45) is 12.8 Å². The van der Waals surface area contributed by atoms with Crippen molar-refractivity contribution < 1.29 is 9.72 Å². The SMILES string of the molecule is CC(N)CCNC(=O)c1ccc([N+](=O)[O-])n1C. The molecule has 0 saturated carbocycles. The van der Waals surface area contributed by atoms with Crippen molar-refractivity contribution >= 4 is 11.7 Å². The molecular formula is C10H16N4O3. The summed E-state index contributed by atoms with van der Waals surface area (Å²) < 4.78 is 1.25. The van der Waals surface area contributed by atoms with Crippen LogP contribution in [0.1, 0.15) is 23.8 Å². The summed E-state index contributed by atoms with van der Waals surface area (Å²) in [5.74, 6) is -0.441. The van der Waals surface area contributed by atoms with Gasteiger partial charge in [-0.15, -0.1) is 0 Å². The van der Waals surface area contributed by atoms with Crippen molar-refractivity contribution in [1.29, 1.82) is 0 Å². The lowest BCUT2D eigenvalue weighted by molar-refractivity contribution is -0.391. The highest BCUT2D eigenvalue weighted by molar-refractivity contribution is 5.93. The van der Waals surface area contributed by atoms with Gasteiger partial charge in [-0.25, -0.2) is 4.57 Å². The molecule has 3 N–H and O–H groups in total. The van der Waals surface area contributed by atoms with Gasteiger partial charge in [0.25, 0.3) is 5.91 Å². The van der Waals surface area contributed by atoms with Gasteiger partial charge in [-0.05, 0) is 24.3 Å². The van der Waals surface area contributed by atoms with Crippen molar-refractivity contribution in [2.75, 3.05) is 6.54 Å². The van der Waals surface area contributed by atoms with E-state index in [0.717, 1.165) is 0 Å². The molecule has 1 aromatic rings. The number of rotatable bonds is 5. The highest BCUT2D eigenvalue weighted by atomic mass is 16.6. The molecule has 17 heavy (non-hydrogen) atoms. The van der Waals surface area contributed by atoms with Gasteiger partial charge in [0.15, 0.2) is 5.69 Å². The molecule has 0 fully saturated rings. The Hall–Kier alpha value is -1.89. The molecule has 94 valence electrons. The summed E-state index contributed by atoms with van der Waals surface area (Å²) in [6.07, 6.45) is 0.665. The first-order valence-electron chi connectivity index (χ1n) is 5.27. The van der Waals surface area contributed by atoms with Gasteiger partial charge in [0, 0.05) is 18.7 Å². The van der Waals surface area contributed by atoms with Crippen molar-refractivity contribution in [3.63, 3.8) is 0 Å². The van der Waals surface area contributed by atoms with E-state index < -0.39 is 4.92 Å². The van der Waals surface area contributed by atoms with E-state index in [1.807, 2.05) is 6.92 Å². The number of nitrogens with one attached hydrogen (secondary N) is 1. The minimum absolute atomic E-state index is 0.0121. The maximum atomic E-state index is 11.7. The van der Waals surface area contributed by atoms with Crippen LogP contribution in [0.15, 0.2) is 12.1 Å². The fourth-order valence-corrected chi connectivity index (χ4v) is 1.42. The van der Waals surface area contributed by atoms with Gasteiger partial charge in [-0.1, -0.05) is 0 Å². The molecule has 0 radical (unpaired) electrons. The lowest BCUT2D eigenvalue weighted by Gasteiger charge is -2.06. The summed E-state index contributed by atoms with van der Waals surface area (Å²) in [5.41, 5.74) is 5.81. The minimum Gasteiger partial charge on any atom is -0.358 e. The summed E-state index contributed by atoms with van der Waals surface area (Å²) in [6.45, 7) is 2.30. The third-order valence-corrected chi connectivity index (χ3v) is 2.40. The highest BCUT2D eigenvalue weighted by Gasteiger charge is 2.19. The van der Waals surface area contributed by atoms with Crippen LogP contribution in [-0.2, 0) is 7.05 Å². The molecule has 1 atom stereocenters. The molecule has 0 saturated heterocycles. The topological polar surface area (TPSA) is 103 Å². The minimum atomic E-state index is -0.529. The largest absolute Gasteiger partial charge is 0.358 e. The fourth-order valence-electron chi connectivity index (χ4n) is 1.42. The standard InChI is InChI=1S/C10H16N4O3/c1-7(11)5-6-12-10(15)8-3-4-9(13(8)2)14(16)17/h3-4,7H,5-6,11H2,1-2H3,(H,12,15). The molecule has 0 spiro atoms. The molecule has 7 nitrogen and oxygen atoms in total. The summed E-state index contributed by atoms with van der Waals surface area (Å²) in [4.78, 5) is 21.8. The highest BCUT2D eigenvalue weighted by Crippen LogP contribution is 2.14. The number of nitro groups is 1. The van der Waals surface area contributed by atoms with E-state index in [9.17, 15) is 14.9 Å². The predicted octanol–water partition coefficient (Wildman–Crippen LogP) is 0.400. The second-order valence-electron chi connectivity index (χ2n) is 3.91. The third-order valence-electron chi connectivity index (χ3n) is 2.40. The van der Waals surface area contributed by atoms with Crippen LogP contribution in [0.4, 0.5) is 5.82 Å². The smallest absolute Gasteiger partial charge is 0.323 e. The Morgan fingerprint density at radius 3 is 2.76 bits per heavy atom. The van der Waals surface area contributed by atoms with Crippen molar-refractivity contribution in [1.82, 2.24) is 9.88 Å². The first-order chi connectivity index (χ1) is 7.93. The van der Waals surface area contributed by atoms with Crippen LogP contribution in [0.3, 0.4) is 0 Å². The summed E-state index contributed by atoms with van der Waals surface area (Å²) in [5, 5.41) is 13.3. The van der Waals surface area contributed by atoms with Crippen LogP contribution in [0, 0.1) is 10.1 Å². The van der Waals surface area contributed by atoms with E-state index >= 15 is 0 Å². The zero-order valence-corrected chi connectivity index (χ0v) is 9.84. The number of carbonyl (C=O) groups is 1. The first-order valence-corrected chi connectivity index (χ1v) is 5.27. The molecule has 0 aliphatic heterocycles. The fraction of sp³-hybridized carbons (Fsp3) is 0.500. The molecule has 1 rings (SSSR count). The number of amides is 1. The van der Waals surface area contributed by atoms with Crippen LogP contribution in [0.5, 0.6) is 0 Å². The van der Waals surface area contributed by atoms with Crippen LogP contribution in [0.25, 0.3) is 0 Å². The summed E-state index contributed by atoms with van der Waals surface area (Å²) in [6, 6.07) is 2.75. The van der Waals surface area contributed by atoms with Crippen molar-refractivity contribution in [3.05, 3.63) is 27.9 Å². The molecule has 0 bridgehead atoms. The molecule has 1 unspecified atom stereocenters. The monoisotopic (exact) mass is 240 g/mol. The van der Waals surface area contributed by atoms with E-state index in [0.29, 0.717) is 13.0 Å². The molecule has 1 heterocycles. The van der Waals surface area contributed by atoms with Gasteiger partial charge < -0.3 is 21.2 Å². The van der Waals surface area contributed by atoms with Crippen LogP contribution < -0.4 is 11.1 Å². The second-order valence-corrected chi connectivity index (χ2v) is 3.91. The van der Waals surface area contributed by atoms with Gasteiger partial charge in [-0.2, -0.15) is 0 Å². The molecule has 0 aliphatic rings. The second kappa shape index (κ2) is 5.44. The lowest BCUT2D eigenvalue weighted by Crippen LogP contribution is -2.30. The van der Waals surface area contributed by atoms with E-state index in [-0.39, 0.29) is 23.5 Å². The first kappa shape index (κ1) is 13.2. The van der Waals surface area contributed by atoms with Gasteiger partial charge in [-0.3, -0.25) is 4.79 Å². The summed E-state index contributed by atoms with van der Waals surface area (Å²) >= 11 is 0. The Kier molecular flexibility index (Phi) is 4.22. The molecule has 7 heteroatoms. The van der Waals surface area contributed by atoms with Gasteiger partial charge >= 0.3 is 5.82 Å². The number of hydrogen-bond donors (Lipinski definition) is 2. The molecular weight excluding hydrogens is 224 g/mol. The van der Waals surface area contributed by atoms with Crippen molar-refractivity contribution in [2.45, 2.75) is 19.4 Å². The molecule has 1 aromatic heterocycles. The lowest BCUT2D eigenvalue weighted by atomic mass is 10.2. The van der Waals surface area contributed by atoms with Gasteiger partial charge in [0.05, 0.1) is 7.05 Å². The Labute approximate surface area is 98.7 Å². The maximum Gasteiger partial charge on any atom is 0.323 e. The number of hydrogen-bond acceptors (Lipinski definition) is 4. The number of carbonyl (C=O) groups excluding carboxylic acids is 1. The normalized spacial score (nSPS) is 12.2. The van der Waals surface area contributed by atoms with Gasteiger partial charge in [0.1, 0.15) is 0 Å². The Balaban J connectivity index is 2.67. The Morgan fingerprint density at radius 1 is 1.65 bits per heavy atom. The zero-order valence-electron chi connectivity index (χ0n) is 9.84. The average molecular weight is 240 g/mol. The predicted molar refractivity (Wildman–Crippen MR) is 62.7 cm³/mol. The average Bonchev–Trinajstić information content (AvgIpc) is 2.59. The van der Waals surface area contributed by atoms with Crippen molar-refractivity contribution in [3.8, 4) is 0 Å². The summed E-state index contributed by atoms with van der Waals surface area (Å²) in [7, 11) is 1.48. The molecule has 1 amide bonds. The number of nitrogens with two attached hydrogens (primary N) is 1. The molecule has 0 aliphatic carbocycles.